The molecule has 0 saturated carbocycles. The number of imidazole rings is 1. The summed E-state index contributed by atoms with van der Waals surface area (Å²) in [5.41, 5.74) is 4.88. The molecule has 1 aliphatic rings. The van der Waals surface area contributed by atoms with E-state index in [1.807, 2.05) is 36.1 Å². The number of Topliss-reactive ketones (excluding diaryl/α,β-unsaturated/α-hetero) is 1. The Hall–Kier alpha value is -3.09. The van der Waals surface area contributed by atoms with E-state index in [0.29, 0.717) is 30.9 Å². The molecule has 3 aromatic rings. The number of fused-ring (bicyclic) bond motifs is 1. The maximum absolute atomic E-state index is 13.4. The number of hydrogen-bond acceptors (Lipinski definition) is 4. The minimum Gasteiger partial charge on any atom is -0.354 e. The Kier molecular flexibility index (Phi) is 5.61. The Labute approximate surface area is 176 Å². The van der Waals surface area contributed by atoms with Crippen molar-refractivity contribution >= 4 is 28.7 Å². The van der Waals surface area contributed by atoms with Crippen LogP contribution in [-0.2, 0) is 6.42 Å². The number of benzene rings is 1. The highest BCUT2D eigenvalue weighted by Crippen LogP contribution is 2.24. The number of aromatic nitrogens is 3. The smallest absolute Gasteiger partial charge is 0.270 e. The third-order valence-corrected chi connectivity index (χ3v) is 5.82. The molecule has 0 bridgehead atoms. The minimum absolute atomic E-state index is 0.0122. The predicted molar refractivity (Wildman–Crippen MR) is 118 cm³/mol. The van der Waals surface area contributed by atoms with Gasteiger partial charge in [-0.15, -0.1) is 0 Å². The molecule has 0 aliphatic carbocycles. The average Bonchev–Trinajstić information content (AvgIpc) is 3.19. The van der Waals surface area contributed by atoms with Crippen molar-refractivity contribution < 1.29 is 9.59 Å². The molecule has 7 heteroatoms. The number of aromatic amines is 2. The van der Waals surface area contributed by atoms with Crippen LogP contribution in [0.1, 0.15) is 58.8 Å². The quantitative estimate of drug-likeness (QED) is 0.632. The third-order valence-electron chi connectivity index (χ3n) is 5.82. The number of anilines is 1. The first-order valence-corrected chi connectivity index (χ1v) is 10.7. The molecule has 0 atom stereocenters. The maximum Gasteiger partial charge on any atom is 0.270 e. The molecule has 1 aromatic carbocycles. The molecular weight excluding hydrogens is 378 g/mol. The number of amides is 1. The van der Waals surface area contributed by atoms with Gasteiger partial charge in [0.05, 0.1) is 11.0 Å². The molecular formula is C23H29N5O2. The molecule has 0 radical (unpaired) electrons. The molecule has 1 aliphatic heterocycles. The van der Waals surface area contributed by atoms with Gasteiger partial charge in [0, 0.05) is 37.4 Å². The summed E-state index contributed by atoms with van der Waals surface area (Å²) in [6.45, 7) is 8.38. The number of para-hydroxylation sites is 2. The number of H-pyrrole nitrogens is 2. The largest absolute Gasteiger partial charge is 0.354 e. The van der Waals surface area contributed by atoms with Crippen molar-refractivity contribution in [2.45, 2.75) is 40.0 Å². The van der Waals surface area contributed by atoms with E-state index in [0.717, 1.165) is 54.0 Å². The van der Waals surface area contributed by atoms with Gasteiger partial charge in [-0.05, 0) is 44.4 Å². The number of rotatable bonds is 5. The zero-order valence-corrected chi connectivity index (χ0v) is 17.9. The van der Waals surface area contributed by atoms with Crippen LogP contribution in [-0.4, -0.2) is 57.7 Å². The van der Waals surface area contributed by atoms with Crippen LogP contribution in [0, 0.1) is 6.92 Å². The molecule has 2 aromatic heterocycles. The van der Waals surface area contributed by atoms with Crippen LogP contribution in [0.2, 0.25) is 0 Å². The Morgan fingerprint density at radius 1 is 1.10 bits per heavy atom. The van der Waals surface area contributed by atoms with Crippen molar-refractivity contribution in [1.29, 1.82) is 0 Å². The fraction of sp³-hybridized carbons (Fsp3) is 0.435. The molecule has 1 amide bonds. The van der Waals surface area contributed by atoms with Crippen LogP contribution in [0.4, 0.5) is 5.95 Å². The number of aryl methyl sites for hydroxylation is 1. The molecule has 1 saturated heterocycles. The standard InChI is InChI=1S/C23H29N5O2/c1-4-8-17-20(16(3)29)15(2)24-21(17)22(30)27-11-7-12-28(14-13-27)23-25-18-9-5-6-10-19(18)26-23/h5-6,9-10,24H,4,7-8,11-14H2,1-3H3,(H,25,26). The topological polar surface area (TPSA) is 85.1 Å². The fourth-order valence-electron chi connectivity index (χ4n) is 4.42. The first kappa shape index (κ1) is 20.2. The summed E-state index contributed by atoms with van der Waals surface area (Å²) in [6, 6.07) is 8.00. The summed E-state index contributed by atoms with van der Waals surface area (Å²) in [5.74, 6) is 0.852. The Bertz CT molecular complexity index is 1050. The van der Waals surface area contributed by atoms with E-state index in [-0.39, 0.29) is 11.7 Å². The van der Waals surface area contributed by atoms with Gasteiger partial charge in [0.2, 0.25) is 5.95 Å². The van der Waals surface area contributed by atoms with Crippen LogP contribution in [0.3, 0.4) is 0 Å². The molecule has 2 N–H and O–H groups in total. The molecule has 30 heavy (non-hydrogen) atoms. The number of nitrogens with zero attached hydrogens (tertiary/aromatic N) is 3. The Morgan fingerprint density at radius 2 is 1.90 bits per heavy atom. The lowest BCUT2D eigenvalue weighted by Crippen LogP contribution is -2.36. The summed E-state index contributed by atoms with van der Waals surface area (Å²) < 4.78 is 0. The maximum atomic E-state index is 13.4. The molecule has 1 fully saturated rings. The zero-order valence-electron chi connectivity index (χ0n) is 17.9. The van der Waals surface area contributed by atoms with Gasteiger partial charge in [0.25, 0.3) is 5.91 Å². The molecule has 0 spiro atoms. The number of hydrogen-bond donors (Lipinski definition) is 2. The molecule has 4 rings (SSSR count). The van der Waals surface area contributed by atoms with E-state index in [2.05, 4.69) is 21.8 Å². The van der Waals surface area contributed by atoms with Crippen molar-refractivity contribution in [2.24, 2.45) is 0 Å². The van der Waals surface area contributed by atoms with Gasteiger partial charge in [-0.1, -0.05) is 25.5 Å². The summed E-state index contributed by atoms with van der Waals surface area (Å²) in [6.07, 6.45) is 2.47. The first-order valence-electron chi connectivity index (χ1n) is 10.7. The van der Waals surface area contributed by atoms with Crippen molar-refractivity contribution in [1.82, 2.24) is 19.9 Å². The highest BCUT2D eigenvalue weighted by molar-refractivity contribution is 6.02. The highest BCUT2D eigenvalue weighted by atomic mass is 16.2. The number of carbonyl (C=O) groups excluding carboxylic acids is 2. The van der Waals surface area contributed by atoms with Crippen molar-refractivity contribution in [3.8, 4) is 0 Å². The summed E-state index contributed by atoms with van der Waals surface area (Å²) >= 11 is 0. The van der Waals surface area contributed by atoms with Gasteiger partial charge >= 0.3 is 0 Å². The van der Waals surface area contributed by atoms with E-state index >= 15 is 0 Å². The van der Waals surface area contributed by atoms with Gasteiger partial charge in [-0.3, -0.25) is 9.59 Å². The fourth-order valence-corrected chi connectivity index (χ4v) is 4.42. The lowest BCUT2D eigenvalue weighted by Gasteiger charge is -2.22. The molecule has 3 heterocycles. The normalized spacial score (nSPS) is 14.9. The third kappa shape index (κ3) is 3.72. The second-order valence-electron chi connectivity index (χ2n) is 8.00. The van der Waals surface area contributed by atoms with Crippen LogP contribution in [0.15, 0.2) is 24.3 Å². The lowest BCUT2D eigenvalue weighted by atomic mass is 10.0. The van der Waals surface area contributed by atoms with Gasteiger partial charge in [-0.25, -0.2) is 4.98 Å². The van der Waals surface area contributed by atoms with Crippen LogP contribution in [0.5, 0.6) is 0 Å². The van der Waals surface area contributed by atoms with Crippen molar-refractivity contribution in [2.75, 3.05) is 31.1 Å². The number of ketones is 1. The zero-order chi connectivity index (χ0) is 21.3. The van der Waals surface area contributed by atoms with Gasteiger partial charge in [-0.2, -0.15) is 0 Å². The summed E-state index contributed by atoms with van der Waals surface area (Å²) in [4.78, 5) is 40.9. The van der Waals surface area contributed by atoms with E-state index in [4.69, 9.17) is 4.98 Å². The summed E-state index contributed by atoms with van der Waals surface area (Å²) in [5, 5.41) is 0. The molecule has 0 unspecified atom stereocenters. The monoisotopic (exact) mass is 407 g/mol. The second kappa shape index (κ2) is 8.34. The molecule has 7 nitrogen and oxygen atoms in total. The first-order chi connectivity index (χ1) is 14.5. The van der Waals surface area contributed by atoms with Crippen molar-refractivity contribution in [3.63, 3.8) is 0 Å². The SMILES string of the molecule is CCCc1c(C(=O)N2CCCN(c3nc4ccccc4[nH]3)CC2)[nH]c(C)c1C(C)=O. The van der Waals surface area contributed by atoms with E-state index in [9.17, 15) is 9.59 Å². The lowest BCUT2D eigenvalue weighted by molar-refractivity contribution is 0.0760. The minimum atomic E-state index is -0.0134. The highest BCUT2D eigenvalue weighted by Gasteiger charge is 2.27. The van der Waals surface area contributed by atoms with Crippen LogP contribution < -0.4 is 4.90 Å². The van der Waals surface area contributed by atoms with Gasteiger partial charge in [0.1, 0.15) is 5.69 Å². The van der Waals surface area contributed by atoms with Crippen LogP contribution >= 0.6 is 0 Å². The van der Waals surface area contributed by atoms with Gasteiger partial charge in [0.15, 0.2) is 5.78 Å². The van der Waals surface area contributed by atoms with Gasteiger partial charge < -0.3 is 19.8 Å². The molecule has 158 valence electrons. The van der Waals surface area contributed by atoms with E-state index in [1.54, 1.807) is 6.92 Å². The summed E-state index contributed by atoms with van der Waals surface area (Å²) in [7, 11) is 0. The Morgan fingerprint density at radius 3 is 2.63 bits per heavy atom. The van der Waals surface area contributed by atoms with E-state index in [1.165, 1.54) is 0 Å². The second-order valence-corrected chi connectivity index (χ2v) is 8.00. The van der Waals surface area contributed by atoms with E-state index < -0.39 is 0 Å². The number of carbonyl (C=O) groups is 2. The van der Waals surface area contributed by atoms with Crippen LogP contribution in [0.25, 0.3) is 11.0 Å². The Balaban J connectivity index is 1.54. The predicted octanol–water partition coefficient (Wildman–Crippen LogP) is 3.71. The average molecular weight is 408 g/mol. The van der Waals surface area contributed by atoms with Crippen molar-refractivity contribution in [3.05, 3.63) is 46.8 Å². The number of nitrogens with one attached hydrogen (secondary N) is 2.